The molecule has 9 heteroatoms. The van der Waals surface area contributed by atoms with Crippen LogP contribution in [0.2, 0.25) is 0 Å². The molecule has 2 rings (SSSR count). The maximum absolute atomic E-state index is 12.1. The van der Waals surface area contributed by atoms with Crippen LogP contribution < -0.4 is 10.5 Å². The van der Waals surface area contributed by atoms with E-state index < -0.39 is 14.9 Å². The highest BCUT2D eigenvalue weighted by atomic mass is 32.2. The molecule has 21 heavy (non-hydrogen) atoms. The van der Waals surface area contributed by atoms with Crippen LogP contribution in [0.4, 0.5) is 11.4 Å². The van der Waals surface area contributed by atoms with Gasteiger partial charge in [0.15, 0.2) is 0 Å². The van der Waals surface area contributed by atoms with Crippen LogP contribution in [0.5, 0.6) is 0 Å². The molecule has 0 atom stereocenters. The molecule has 1 heterocycles. The molecule has 0 bridgehead atoms. The normalized spacial score (nSPS) is 11.5. The minimum Gasteiger partial charge on any atom is -0.465 e. The van der Waals surface area contributed by atoms with Gasteiger partial charge in [-0.2, -0.15) is 0 Å². The Morgan fingerprint density at radius 3 is 2.57 bits per heavy atom. The number of anilines is 1. The number of hydrogen-bond donors (Lipinski definition) is 2. The zero-order chi connectivity index (χ0) is 15.6. The van der Waals surface area contributed by atoms with Crippen LogP contribution in [0.25, 0.3) is 0 Å². The fraction of sp³-hybridized carbons (Fsp3) is 0.167. The summed E-state index contributed by atoms with van der Waals surface area (Å²) in [5, 5.41) is 10.6. The predicted molar refractivity (Wildman–Crippen MR) is 75.0 cm³/mol. The highest BCUT2D eigenvalue weighted by Gasteiger charge is 2.19. The largest absolute Gasteiger partial charge is 0.465 e. The number of nitrogens with two attached hydrogens (primary N) is 1. The summed E-state index contributed by atoms with van der Waals surface area (Å²) in [6.45, 7) is 1.72. The standard InChI is InChI=1S/C12H13N3O5S/c1-8-2-3-9(20-8)7-14-21(18,19)10-4-5-12(15(16)17)11(13)6-10/h2-6,14H,7,13H2,1H3. The van der Waals surface area contributed by atoms with Gasteiger partial charge in [0.1, 0.15) is 17.2 Å². The quantitative estimate of drug-likeness (QED) is 0.490. The van der Waals surface area contributed by atoms with Crippen molar-refractivity contribution in [3.05, 3.63) is 52.0 Å². The van der Waals surface area contributed by atoms with Crippen LogP contribution in [0.3, 0.4) is 0 Å². The molecular formula is C12H13N3O5S. The van der Waals surface area contributed by atoms with E-state index in [1.807, 2.05) is 0 Å². The summed E-state index contributed by atoms with van der Waals surface area (Å²) in [6.07, 6.45) is 0. The van der Waals surface area contributed by atoms with Crippen LogP contribution in [0.15, 0.2) is 39.6 Å². The van der Waals surface area contributed by atoms with E-state index in [0.717, 1.165) is 18.2 Å². The molecule has 1 aromatic carbocycles. The van der Waals surface area contributed by atoms with Gasteiger partial charge in [0.05, 0.1) is 16.4 Å². The van der Waals surface area contributed by atoms with Gasteiger partial charge in [-0.15, -0.1) is 0 Å². The van der Waals surface area contributed by atoms with Crippen molar-refractivity contribution in [3.63, 3.8) is 0 Å². The Kier molecular flexibility index (Phi) is 3.96. The van der Waals surface area contributed by atoms with Crippen molar-refractivity contribution in [1.82, 2.24) is 4.72 Å². The Labute approximate surface area is 120 Å². The van der Waals surface area contributed by atoms with E-state index in [4.69, 9.17) is 10.2 Å². The predicted octanol–water partition coefficient (Wildman–Crippen LogP) is 1.56. The number of nitrogens with zero attached hydrogens (tertiary/aromatic N) is 1. The SMILES string of the molecule is Cc1ccc(CNS(=O)(=O)c2ccc([N+](=O)[O-])c(N)c2)o1. The number of sulfonamides is 1. The molecule has 3 N–H and O–H groups in total. The Hall–Kier alpha value is -2.39. The van der Waals surface area contributed by atoms with Gasteiger partial charge in [0, 0.05) is 6.07 Å². The minimum atomic E-state index is -3.83. The van der Waals surface area contributed by atoms with E-state index in [-0.39, 0.29) is 22.8 Å². The van der Waals surface area contributed by atoms with Crippen molar-refractivity contribution in [3.8, 4) is 0 Å². The molecule has 0 saturated heterocycles. The lowest BCUT2D eigenvalue weighted by Crippen LogP contribution is -2.23. The van der Waals surface area contributed by atoms with Gasteiger partial charge in [-0.25, -0.2) is 13.1 Å². The molecule has 0 aliphatic rings. The van der Waals surface area contributed by atoms with Crippen molar-refractivity contribution >= 4 is 21.4 Å². The fourth-order valence-electron chi connectivity index (χ4n) is 1.70. The monoisotopic (exact) mass is 311 g/mol. The highest BCUT2D eigenvalue weighted by Crippen LogP contribution is 2.24. The average Bonchev–Trinajstić information content (AvgIpc) is 2.82. The third-order valence-electron chi connectivity index (χ3n) is 2.74. The molecule has 8 nitrogen and oxygen atoms in total. The van der Waals surface area contributed by atoms with Gasteiger partial charge in [-0.3, -0.25) is 10.1 Å². The molecular weight excluding hydrogens is 298 g/mol. The van der Waals surface area contributed by atoms with Gasteiger partial charge >= 0.3 is 0 Å². The molecule has 0 aliphatic carbocycles. The number of nitrogens with one attached hydrogen (secondary N) is 1. The fourth-order valence-corrected chi connectivity index (χ4v) is 2.72. The molecule has 1 aromatic heterocycles. The van der Waals surface area contributed by atoms with Gasteiger partial charge in [0.25, 0.3) is 5.69 Å². The Bertz CT molecular complexity index is 782. The number of nitro benzene ring substituents is 1. The van der Waals surface area contributed by atoms with E-state index in [0.29, 0.717) is 11.5 Å². The van der Waals surface area contributed by atoms with E-state index in [2.05, 4.69) is 4.72 Å². The molecule has 0 aliphatic heterocycles. The molecule has 0 radical (unpaired) electrons. The third-order valence-corrected chi connectivity index (χ3v) is 4.14. The Balaban J connectivity index is 2.19. The summed E-state index contributed by atoms with van der Waals surface area (Å²) < 4.78 is 31.7. The molecule has 112 valence electrons. The first kappa shape index (κ1) is 15.0. The number of nitrogen functional groups attached to an aromatic ring is 1. The third kappa shape index (κ3) is 3.38. The van der Waals surface area contributed by atoms with Crippen LogP contribution in [-0.2, 0) is 16.6 Å². The first-order chi connectivity index (χ1) is 9.79. The summed E-state index contributed by atoms with van der Waals surface area (Å²) >= 11 is 0. The van der Waals surface area contributed by atoms with E-state index in [1.165, 1.54) is 0 Å². The van der Waals surface area contributed by atoms with Crippen LogP contribution in [-0.4, -0.2) is 13.3 Å². The first-order valence-corrected chi connectivity index (χ1v) is 7.37. The molecule has 0 spiro atoms. The second kappa shape index (κ2) is 5.54. The van der Waals surface area contributed by atoms with Gasteiger partial charge in [-0.05, 0) is 31.2 Å². The second-order valence-corrected chi connectivity index (χ2v) is 6.08. The second-order valence-electron chi connectivity index (χ2n) is 4.31. The smallest absolute Gasteiger partial charge is 0.292 e. The van der Waals surface area contributed by atoms with Crippen molar-refractivity contribution in [2.75, 3.05) is 5.73 Å². The Morgan fingerprint density at radius 1 is 1.33 bits per heavy atom. The first-order valence-electron chi connectivity index (χ1n) is 5.88. The molecule has 0 amide bonds. The Morgan fingerprint density at radius 2 is 2.05 bits per heavy atom. The number of nitro groups is 1. The van der Waals surface area contributed by atoms with Crippen LogP contribution in [0, 0.1) is 17.0 Å². The van der Waals surface area contributed by atoms with Crippen LogP contribution in [0.1, 0.15) is 11.5 Å². The minimum absolute atomic E-state index is 0.0208. The van der Waals surface area contributed by atoms with Crippen molar-refractivity contribution in [2.45, 2.75) is 18.4 Å². The molecule has 0 unspecified atom stereocenters. The average molecular weight is 311 g/mol. The summed E-state index contributed by atoms with van der Waals surface area (Å²) in [5.41, 5.74) is 4.93. The molecule has 2 aromatic rings. The maximum atomic E-state index is 12.1. The van der Waals surface area contributed by atoms with Crippen LogP contribution >= 0.6 is 0 Å². The van der Waals surface area contributed by atoms with E-state index >= 15 is 0 Å². The number of rotatable bonds is 5. The number of aryl methyl sites for hydroxylation is 1. The maximum Gasteiger partial charge on any atom is 0.292 e. The molecule has 0 fully saturated rings. The molecule has 0 saturated carbocycles. The number of hydrogen-bond acceptors (Lipinski definition) is 6. The van der Waals surface area contributed by atoms with Crippen molar-refractivity contribution in [2.24, 2.45) is 0 Å². The van der Waals surface area contributed by atoms with Gasteiger partial charge < -0.3 is 10.2 Å². The van der Waals surface area contributed by atoms with Crippen molar-refractivity contribution < 1.29 is 17.8 Å². The summed E-state index contributed by atoms with van der Waals surface area (Å²) in [5.74, 6) is 1.13. The topological polar surface area (TPSA) is 128 Å². The van der Waals surface area contributed by atoms with Gasteiger partial charge in [-0.1, -0.05) is 0 Å². The summed E-state index contributed by atoms with van der Waals surface area (Å²) in [7, 11) is -3.83. The highest BCUT2D eigenvalue weighted by molar-refractivity contribution is 7.89. The number of furan rings is 1. The lowest BCUT2D eigenvalue weighted by molar-refractivity contribution is -0.383. The number of benzene rings is 1. The van der Waals surface area contributed by atoms with E-state index in [9.17, 15) is 18.5 Å². The lowest BCUT2D eigenvalue weighted by atomic mass is 10.3. The van der Waals surface area contributed by atoms with Crippen molar-refractivity contribution in [1.29, 1.82) is 0 Å². The zero-order valence-electron chi connectivity index (χ0n) is 11.1. The summed E-state index contributed by atoms with van der Waals surface area (Å²) in [6, 6.07) is 6.61. The summed E-state index contributed by atoms with van der Waals surface area (Å²) in [4.78, 5) is 9.82. The van der Waals surface area contributed by atoms with Gasteiger partial charge in [0.2, 0.25) is 10.0 Å². The zero-order valence-corrected chi connectivity index (χ0v) is 11.9. The van der Waals surface area contributed by atoms with E-state index in [1.54, 1.807) is 19.1 Å². The lowest BCUT2D eigenvalue weighted by Gasteiger charge is -2.06.